The summed E-state index contributed by atoms with van der Waals surface area (Å²) >= 11 is 0. The normalized spacial score (nSPS) is 20.4. The van der Waals surface area contributed by atoms with Crippen LogP contribution in [-0.2, 0) is 9.59 Å². The molecule has 0 aromatic carbocycles. The number of rotatable bonds is 4. The van der Waals surface area contributed by atoms with E-state index in [-0.39, 0.29) is 5.91 Å². The summed E-state index contributed by atoms with van der Waals surface area (Å²) in [4.78, 5) is 26.9. The molecule has 102 valence electrons. The second-order valence-electron chi connectivity index (χ2n) is 4.60. The summed E-state index contributed by atoms with van der Waals surface area (Å²) in [6.07, 6.45) is 5.32. The SMILES string of the molecule is O=C(O)[C@H]1C[C@H]1C(=O)Nc1cccnc1-n1cccn1. The zero-order chi connectivity index (χ0) is 14.1. The maximum Gasteiger partial charge on any atom is 0.307 e. The molecule has 1 aliphatic rings. The minimum absolute atomic E-state index is 0.293. The summed E-state index contributed by atoms with van der Waals surface area (Å²) in [5.41, 5.74) is 0.511. The van der Waals surface area contributed by atoms with Gasteiger partial charge in [0.1, 0.15) is 0 Å². The maximum atomic E-state index is 12.0. The average Bonchev–Trinajstić information content (AvgIpc) is 3.08. The van der Waals surface area contributed by atoms with Gasteiger partial charge in [-0.1, -0.05) is 0 Å². The molecule has 1 saturated carbocycles. The third-order valence-corrected chi connectivity index (χ3v) is 3.21. The van der Waals surface area contributed by atoms with Gasteiger partial charge in [0.05, 0.1) is 17.5 Å². The number of nitrogens with zero attached hydrogens (tertiary/aromatic N) is 3. The van der Waals surface area contributed by atoms with Gasteiger partial charge in [-0.25, -0.2) is 9.67 Å². The van der Waals surface area contributed by atoms with E-state index >= 15 is 0 Å². The van der Waals surface area contributed by atoms with Crippen LogP contribution in [0.4, 0.5) is 5.69 Å². The van der Waals surface area contributed by atoms with Crippen molar-refractivity contribution in [3.63, 3.8) is 0 Å². The molecule has 2 N–H and O–H groups in total. The fraction of sp³-hybridized carbons (Fsp3) is 0.231. The van der Waals surface area contributed by atoms with Gasteiger partial charge >= 0.3 is 5.97 Å². The molecule has 0 bridgehead atoms. The third kappa shape index (κ3) is 2.25. The summed E-state index contributed by atoms with van der Waals surface area (Å²) in [5, 5.41) is 15.6. The van der Waals surface area contributed by atoms with E-state index in [9.17, 15) is 9.59 Å². The summed E-state index contributed by atoms with van der Waals surface area (Å²) in [5.74, 6) is -1.75. The number of pyridine rings is 1. The number of nitrogens with one attached hydrogen (secondary N) is 1. The number of aliphatic carboxylic acids is 1. The first kappa shape index (κ1) is 12.3. The Morgan fingerprint density at radius 3 is 2.80 bits per heavy atom. The fourth-order valence-corrected chi connectivity index (χ4v) is 2.05. The Morgan fingerprint density at radius 2 is 2.15 bits per heavy atom. The van der Waals surface area contributed by atoms with Gasteiger partial charge < -0.3 is 10.4 Å². The van der Waals surface area contributed by atoms with E-state index in [1.165, 1.54) is 4.68 Å². The number of amides is 1. The average molecular weight is 272 g/mol. The lowest BCUT2D eigenvalue weighted by molar-refractivity contribution is -0.139. The highest BCUT2D eigenvalue weighted by Gasteiger charge is 2.48. The van der Waals surface area contributed by atoms with E-state index in [1.807, 2.05) is 0 Å². The lowest BCUT2D eigenvalue weighted by Gasteiger charge is -2.09. The molecule has 20 heavy (non-hydrogen) atoms. The first-order valence-electron chi connectivity index (χ1n) is 6.15. The van der Waals surface area contributed by atoms with Crippen molar-refractivity contribution in [2.24, 2.45) is 11.8 Å². The zero-order valence-corrected chi connectivity index (χ0v) is 10.4. The number of hydrogen-bond acceptors (Lipinski definition) is 4. The second kappa shape index (κ2) is 4.76. The van der Waals surface area contributed by atoms with E-state index < -0.39 is 17.8 Å². The molecule has 1 fully saturated rings. The number of carboxylic acid groups (broad SMARTS) is 1. The van der Waals surface area contributed by atoms with Gasteiger partial charge in [-0.05, 0) is 24.6 Å². The number of aromatic nitrogens is 3. The van der Waals surface area contributed by atoms with Crippen LogP contribution in [0.25, 0.3) is 5.82 Å². The van der Waals surface area contributed by atoms with Crippen LogP contribution in [0.2, 0.25) is 0 Å². The molecule has 2 aromatic heterocycles. The molecular formula is C13H12N4O3. The molecule has 1 amide bonds. The highest BCUT2D eigenvalue weighted by Crippen LogP contribution is 2.39. The molecule has 7 nitrogen and oxygen atoms in total. The molecule has 3 rings (SSSR count). The van der Waals surface area contributed by atoms with E-state index in [0.29, 0.717) is 17.9 Å². The highest BCUT2D eigenvalue weighted by molar-refractivity contribution is 5.99. The van der Waals surface area contributed by atoms with Gasteiger partial charge in [-0.3, -0.25) is 9.59 Å². The lowest BCUT2D eigenvalue weighted by Crippen LogP contribution is -2.18. The highest BCUT2D eigenvalue weighted by atomic mass is 16.4. The third-order valence-electron chi connectivity index (χ3n) is 3.21. The molecule has 0 radical (unpaired) electrons. The Hall–Kier alpha value is -2.70. The fourth-order valence-electron chi connectivity index (χ4n) is 2.05. The van der Waals surface area contributed by atoms with Gasteiger partial charge in [-0.2, -0.15) is 5.10 Å². The zero-order valence-electron chi connectivity index (χ0n) is 10.4. The molecule has 0 aliphatic heterocycles. The Morgan fingerprint density at radius 1 is 1.30 bits per heavy atom. The molecule has 2 heterocycles. The monoisotopic (exact) mass is 272 g/mol. The van der Waals surface area contributed by atoms with Crippen LogP contribution >= 0.6 is 0 Å². The minimum Gasteiger partial charge on any atom is -0.481 e. The summed E-state index contributed by atoms with van der Waals surface area (Å²) < 4.78 is 1.54. The molecule has 7 heteroatoms. The number of anilines is 1. The van der Waals surface area contributed by atoms with Crippen LogP contribution in [0.5, 0.6) is 0 Å². The summed E-state index contributed by atoms with van der Waals surface area (Å²) in [6, 6.07) is 5.16. The van der Waals surface area contributed by atoms with Gasteiger partial charge in [0.2, 0.25) is 5.91 Å². The van der Waals surface area contributed by atoms with E-state index in [2.05, 4.69) is 15.4 Å². The van der Waals surface area contributed by atoms with Gasteiger partial charge in [0.25, 0.3) is 0 Å². The number of carbonyl (C=O) groups is 2. The summed E-state index contributed by atoms with van der Waals surface area (Å²) in [7, 11) is 0. The first-order chi connectivity index (χ1) is 9.66. The number of hydrogen-bond donors (Lipinski definition) is 2. The van der Waals surface area contributed by atoms with Crippen molar-refractivity contribution in [1.82, 2.24) is 14.8 Å². The van der Waals surface area contributed by atoms with Gasteiger partial charge in [0, 0.05) is 18.6 Å². The van der Waals surface area contributed by atoms with Crippen molar-refractivity contribution in [2.75, 3.05) is 5.32 Å². The Labute approximate surface area is 114 Å². The molecule has 2 aromatic rings. The standard InChI is InChI=1S/C13H12N4O3/c18-12(8-7-9(8)13(19)20)16-10-3-1-4-14-11(10)17-6-2-5-15-17/h1-6,8-9H,7H2,(H,16,18)(H,19,20)/t8-,9+/m1/s1. The minimum atomic E-state index is -0.927. The molecule has 0 saturated heterocycles. The number of carbonyl (C=O) groups excluding carboxylic acids is 1. The molecule has 1 aliphatic carbocycles. The van der Waals surface area contributed by atoms with Gasteiger partial charge in [0.15, 0.2) is 5.82 Å². The molecule has 0 spiro atoms. The van der Waals surface area contributed by atoms with Crippen LogP contribution in [0.1, 0.15) is 6.42 Å². The van der Waals surface area contributed by atoms with Crippen molar-refractivity contribution in [3.05, 3.63) is 36.8 Å². The van der Waals surface area contributed by atoms with Crippen LogP contribution in [0.15, 0.2) is 36.8 Å². The van der Waals surface area contributed by atoms with Crippen LogP contribution in [-0.4, -0.2) is 31.7 Å². The summed E-state index contributed by atoms with van der Waals surface area (Å²) in [6.45, 7) is 0. The quantitative estimate of drug-likeness (QED) is 0.862. The first-order valence-corrected chi connectivity index (χ1v) is 6.15. The smallest absolute Gasteiger partial charge is 0.307 e. The van der Waals surface area contributed by atoms with Crippen molar-refractivity contribution < 1.29 is 14.7 Å². The molecule has 2 atom stereocenters. The Bertz CT molecular complexity index is 653. The predicted molar refractivity (Wildman–Crippen MR) is 69.2 cm³/mol. The Balaban J connectivity index is 1.79. The maximum absolute atomic E-state index is 12.0. The lowest BCUT2D eigenvalue weighted by atomic mass is 10.3. The van der Waals surface area contributed by atoms with E-state index in [1.54, 1.807) is 36.8 Å². The van der Waals surface area contributed by atoms with Crippen molar-refractivity contribution in [2.45, 2.75) is 6.42 Å². The van der Waals surface area contributed by atoms with Crippen LogP contribution < -0.4 is 5.32 Å². The second-order valence-corrected chi connectivity index (χ2v) is 4.60. The molecule has 0 unspecified atom stereocenters. The number of carboxylic acids is 1. The van der Waals surface area contributed by atoms with Crippen molar-refractivity contribution in [3.8, 4) is 5.82 Å². The van der Waals surface area contributed by atoms with Gasteiger partial charge in [-0.15, -0.1) is 0 Å². The van der Waals surface area contributed by atoms with Crippen molar-refractivity contribution in [1.29, 1.82) is 0 Å². The van der Waals surface area contributed by atoms with Crippen LogP contribution in [0, 0.1) is 11.8 Å². The Kier molecular flexibility index (Phi) is 2.94. The van der Waals surface area contributed by atoms with E-state index in [0.717, 1.165) is 0 Å². The predicted octanol–water partition coefficient (Wildman–Crippen LogP) is 0.927. The van der Waals surface area contributed by atoms with E-state index in [4.69, 9.17) is 5.11 Å². The van der Waals surface area contributed by atoms with Crippen molar-refractivity contribution >= 4 is 17.6 Å². The van der Waals surface area contributed by atoms with Crippen LogP contribution in [0.3, 0.4) is 0 Å². The largest absolute Gasteiger partial charge is 0.481 e. The topological polar surface area (TPSA) is 97.1 Å². The molecular weight excluding hydrogens is 260 g/mol.